The Morgan fingerprint density at radius 3 is 2.44 bits per heavy atom. The average Bonchev–Trinajstić information content (AvgIpc) is 3.35. The smallest absolute Gasteiger partial charge is 0.493 e. The molecule has 0 aliphatic rings. The van der Waals surface area contributed by atoms with Crippen LogP contribution in [0.1, 0.15) is 17.5 Å². The highest BCUT2D eigenvalue weighted by Gasteiger charge is 2.19. The zero-order chi connectivity index (χ0) is 28.0. The van der Waals surface area contributed by atoms with Crippen molar-refractivity contribution in [3.05, 3.63) is 126 Å². The van der Waals surface area contributed by atoms with Crippen molar-refractivity contribution in [2.24, 2.45) is 0 Å². The minimum Gasteiger partial charge on any atom is -0.493 e. The van der Waals surface area contributed by atoms with Crippen molar-refractivity contribution in [3.63, 3.8) is 0 Å². The highest BCUT2D eigenvalue weighted by atomic mass is 16.7. The number of carboxylic acid groups (broad SMARTS) is 1. The summed E-state index contributed by atoms with van der Waals surface area (Å²) in [6, 6.07) is 38.0. The largest absolute Gasteiger partial charge is 0.512 e. The molecule has 0 atom stereocenters. The summed E-state index contributed by atoms with van der Waals surface area (Å²) in [6.07, 6.45) is -0.127. The summed E-state index contributed by atoms with van der Waals surface area (Å²) in [5.74, 6) is 1.82. The van der Waals surface area contributed by atoms with Crippen molar-refractivity contribution in [2.45, 2.75) is 19.4 Å². The number of nitrogens with one attached hydrogen (secondary N) is 1. The lowest BCUT2D eigenvalue weighted by Crippen LogP contribution is -2.06. The van der Waals surface area contributed by atoms with E-state index in [0.29, 0.717) is 26.1 Å². The van der Waals surface area contributed by atoms with Gasteiger partial charge >= 0.3 is 6.16 Å². The number of hydrogen-bond donors (Lipinski definition) is 2. The fourth-order valence-electron chi connectivity index (χ4n) is 5.19. The van der Waals surface area contributed by atoms with Crippen LogP contribution in [0.25, 0.3) is 32.8 Å². The number of fused-ring (bicyclic) bond motifs is 2. The van der Waals surface area contributed by atoms with E-state index >= 15 is 0 Å². The highest BCUT2D eigenvalue weighted by molar-refractivity contribution is 5.99. The molecule has 6 aromatic rings. The van der Waals surface area contributed by atoms with Gasteiger partial charge in [0.25, 0.3) is 0 Å². The molecule has 0 aliphatic carbocycles. The van der Waals surface area contributed by atoms with Crippen LogP contribution < -0.4 is 14.2 Å². The summed E-state index contributed by atoms with van der Waals surface area (Å²) in [5.41, 5.74) is 4.63. The molecule has 0 radical (unpaired) electrons. The lowest BCUT2D eigenvalue weighted by molar-refractivity contribution is 0.142. The number of rotatable bonds is 10. The predicted molar refractivity (Wildman–Crippen MR) is 161 cm³/mol. The number of hydrogen-bond acceptors (Lipinski definition) is 4. The molecule has 6 rings (SSSR count). The molecule has 1 aromatic heterocycles. The Labute approximate surface area is 237 Å². The molecule has 5 aromatic carbocycles. The van der Waals surface area contributed by atoms with Crippen molar-refractivity contribution in [1.29, 1.82) is 0 Å². The van der Waals surface area contributed by atoms with E-state index in [1.807, 2.05) is 103 Å². The third-order valence-corrected chi connectivity index (χ3v) is 7.05. The molecular formula is C35H29NO5. The first kappa shape index (κ1) is 26.0. The van der Waals surface area contributed by atoms with Crippen molar-refractivity contribution in [3.8, 4) is 28.5 Å². The summed E-state index contributed by atoms with van der Waals surface area (Å²) < 4.78 is 17.4. The minimum atomic E-state index is -1.36. The van der Waals surface area contributed by atoms with Crippen LogP contribution in [0, 0.1) is 0 Å². The Bertz CT molecular complexity index is 1800. The Morgan fingerprint density at radius 2 is 1.56 bits per heavy atom. The van der Waals surface area contributed by atoms with Gasteiger partial charge in [-0.1, -0.05) is 91.0 Å². The number of benzene rings is 5. The van der Waals surface area contributed by atoms with Crippen LogP contribution in [0.4, 0.5) is 4.79 Å². The fourth-order valence-corrected chi connectivity index (χ4v) is 5.19. The molecule has 0 saturated carbocycles. The van der Waals surface area contributed by atoms with Crippen molar-refractivity contribution in [1.82, 2.24) is 4.98 Å². The van der Waals surface area contributed by atoms with E-state index < -0.39 is 6.16 Å². The lowest BCUT2D eigenvalue weighted by Gasteiger charge is -2.12. The maximum absolute atomic E-state index is 11.5. The molecule has 0 aliphatic heterocycles. The molecular weight excluding hydrogens is 514 g/mol. The number of aromatic nitrogens is 1. The third kappa shape index (κ3) is 5.87. The number of aromatic amines is 1. The Balaban J connectivity index is 1.26. The Morgan fingerprint density at radius 1 is 0.780 bits per heavy atom. The minimum absolute atomic E-state index is 0.238. The second-order valence-electron chi connectivity index (χ2n) is 9.76. The number of aryl methyl sites for hydroxylation is 1. The zero-order valence-electron chi connectivity index (χ0n) is 22.4. The molecule has 41 heavy (non-hydrogen) atoms. The van der Waals surface area contributed by atoms with Gasteiger partial charge < -0.3 is 24.3 Å². The molecule has 0 saturated heterocycles. The van der Waals surface area contributed by atoms with Crippen molar-refractivity contribution in [2.75, 3.05) is 6.61 Å². The summed E-state index contributed by atoms with van der Waals surface area (Å²) in [4.78, 5) is 14.7. The molecule has 204 valence electrons. The Hall–Kier alpha value is -5.23. The lowest BCUT2D eigenvalue weighted by atomic mass is 9.97. The standard InChI is InChI=1S/C35H29NO5/c37-35(38)41-34-30(18-9-21-39-32-20-7-13-25-12-4-5-16-28(25)32)33-29(17-8-19-31(33)36-34)26-14-6-15-27(22-26)40-23-24-10-2-1-3-11-24/h1-8,10-17,19-20,22,36H,9,18,21,23H2,(H,37,38). The first-order valence-electron chi connectivity index (χ1n) is 13.6. The monoisotopic (exact) mass is 543 g/mol. The first-order chi connectivity index (χ1) is 20.2. The molecule has 2 N–H and O–H groups in total. The van der Waals surface area contributed by atoms with Crippen molar-refractivity contribution < 1.29 is 24.1 Å². The number of ether oxygens (including phenoxy) is 3. The molecule has 0 amide bonds. The number of H-pyrrole nitrogens is 1. The number of carbonyl (C=O) groups is 1. The zero-order valence-corrected chi connectivity index (χ0v) is 22.4. The maximum atomic E-state index is 11.5. The average molecular weight is 544 g/mol. The molecule has 0 spiro atoms. The van der Waals surface area contributed by atoms with E-state index in [4.69, 9.17) is 14.2 Å². The summed E-state index contributed by atoms with van der Waals surface area (Å²) >= 11 is 0. The van der Waals surface area contributed by atoms with E-state index in [1.54, 1.807) is 0 Å². The highest BCUT2D eigenvalue weighted by Crippen LogP contribution is 2.38. The quantitative estimate of drug-likeness (QED) is 0.134. The van der Waals surface area contributed by atoms with Crippen LogP contribution in [-0.4, -0.2) is 22.9 Å². The van der Waals surface area contributed by atoms with E-state index in [2.05, 4.69) is 17.1 Å². The maximum Gasteiger partial charge on any atom is 0.512 e. The van der Waals surface area contributed by atoms with Crippen LogP contribution in [0.3, 0.4) is 0 Å². The molecule has 0 bridgehead atoms. The molecule has 1 heterocycles. The van der Waals surface area contributed by atoms with Crippen LogP contribution in [0.15, 0.2) is 115 Å². The normalized spacial score (nSPS) is 11.0. The van der Waals surface area contributed by atoms with Gasteiger partial charge in [-0.2, -0.15) is 0 Å². The predicted octanol–water partition coefficient (Wildman–Crippen LogP) is 8.64. The molecule has 6 heteroatoms. The topological polar surface area (TPSA) is 80.8 Å². The van der Waals surface area contributed by atoms with Gasteiger partial charge in [-0.3, -0.25) is 0 Å². The summed E-state index contributed by atoms with van der Waals surface area (Å²) in [5, 5.41) is 12.5. The SMILES string of the molecule is O=C(O)Oc1[nH]c2cccc(-c3cccc(OCc4ccccc4)c3)c2c1CCCOc1cccc2ccccc12. The van der Waals surface area contributed by atoms with Gasteiger partial charge in [0.1, 0.15) is 18.1 Å². The van der Waals surface area contributed by atoms with Gasteiger partial charge in [0.05, 0.1) is 6.61 Å². The Kier molecular flexibility index (Phi) is 7.54. The fraction of sp³-hybridized carbons (Fsp3) is 0.114. The van der Waals surface area contributed by atoms with Gasteiger partial charge in [-0.05, 0) is 59.2 Å². The molecule has 0 unspecified atom stereocenters. The van der Waals surface area contributed by atoms with E-state index in [1.165, 1.54) is 0 Å². The van der Waals surface area contributed by atoms with Crippen LogP contribution in [-0.2, 0) is 13.0 Å². The van der Waals surface area contributed by atoms with Gasteiger partial charge in [-0.15, -0.1) is 0 Å². The summed E-state index contributed by atoms with van der Waals surface area (Å²) in [6.45, 7) is 0.940. The van der Waals surface area contributed by atoms with E-state index in [9.17, 15) is 9.90 Å². The van der Waals surface area contributed by atoms with Crippen molar-refractivity contribution >= 4 is 27.8 Å². The second-order valence-corrected chi connectivity index (χ2v) is 9.76. The van der Waals surface area contributed by atoms with E-state index in [0.717, 1.165) is 55.4 Å². The van der Waals surface area contributed by atoms with Gasteiger partial charge in [0, 0.05) is 21.9 Å². The van der Waals surface area contributed by atoms with Crippen LogP contribution in [0.5, 0.6) is 17.4 Å². The second kappa shape index (κ2) is 11.9. The van der Waals surface area contributed by atoms with Gasteiger partial charge in [0.15, 0.2) is 0 Å². The first-order valence-corrected chi connectivity index (χ1v) is 13.6. The van der Waals surface area contributed by atoms with Crippen LogP contribution >= 0.6 is 0 Å². The molecule has 6 nitrogen and oxygen atoms in total. The van der Waals surface area contributed by atoms with Gasteiger partial charge in [0.2, 0.25) is 5.88 Å². The van der Waals surface area contributed by atoms with E-state index in [-0.39, 0.29) is 5.88 Å². The van der Waals surface area contributed by atoms with Crippen LogP contribution in [0.2, 0.25) is 0 Å². The summed E-state index contributed by atoms with van der Waals surface area (Å²) in [7, 11) is 0. The third-order valence-electron chi connectivity index (χ3n) is 7.05. The van der Waals surface area contributed by atoms with Gasteiger partial charge in [-0.25, -0.2) is 4.79 Å². The molecule has 0 fully saturated rings.